The number of fused-ring (bicyclic) bond motifs is 1. The van der Waals surface area contributed by atoms with Crippen LogP contribution in [-0.4, -0.2) is 28.0 Å². The van der Waals surface area contributed by atoms with Crippen LogP contribution in [0.1, 0.15) is 5.82 Å². The maximum absolute atomic E-state index is 4.74. The first-order valence-electron chi connectivity index (χ1n) is 5.90. The van der Waals surface area contributed by atoms with Crippen molar-refractivity contribution in [2.24, 2.45) is 0 Å². The molecule has 0 aliphatic carbocycles. The maximum atomic E-state index is 4.74. The maximum Gasteiger partial charge on any atom is 0.165 e. The van der Waals surface area contributed by atoms with E-state index in [2.05, 4.69) is 26.1 Å². The largest absolute Gasteiger partial charge is 0.319 e. The zero-order chi connectivity index (χ0) is 12.4. The third kappa shape index (κ3) is 1.91. The molecule has 1 N–H and O–H groups in total. The molecule has 0 amide bonds. The van der Waals surface area contributed by atoms with Crippen molar-refractivity contribution in [1.82, 2.24) is 19.7 Å². The van der Waals surface area contributed by atoms with Crippen LogP contribution in [-0.2, 0) is 6.42 Å². The highest BCUT2D eigenvalue weighted by atomic mass is 32.1. The van der Waals surface area contributed by atoms with Crippen LogP contribution in [0.3, 0.4) is 0 Å². The summed E-state index contributed by atoms with van der Waals surface area (Å²) in [5.74, 6) is 1.05. The summed E-state index contributed by atoms with van der Waals surface area (Å²) in [5.41, 5.74) is 1.92. The molecule has 0 fully saturated rings. The van der Waals surface area contributed by atoms with Crippen LogP contribution in [0.2, 0.25) is 0 Å². The van der Waals surface area contributed by atoms with E-state index in [0.29, 0.717) is 0 Å². The summed E-state index contributed by atoms with van der Waals surface area (Å²) in [6, 6.07) is 6.07. The Bertz CT molecular complexity index is 642. The summed E-state index contributed by atoms with van der Waals surface area (Å²) in [7, 11) is 1.95. The van der Waals surface area contributed by atoms with Crippen LogP contribution in [0.4, 0.5) is 0 Å². The Morgan fingerprint density at radius 1 is 1.39 bits per heavy atom. The molecule has 0 saturated carbocycles. The van der Waals surface area contributed by atoms with Crippen molar-refractivity contribution >= 4 is 17.0 Å². The van der Waals surface area contributed by atoms with Gasteiger partial charge >= 0.3 is 0 Å². The average Bonchev–Trinajstić information content (AvgIpc) is 3.04. The van der Waals surface area contributed by atoms with Gasteiger partial charge in [-0.3, -0.25) is 4.40 Å². The number of hydrogen-bond donors (Lipinski definition) is 1. The van der Waals surface area contributed by atoms with E-state index in [4.69, 9.17) is 4.98 Å². The highest BCUT2D eigenvalue weighted by molar-refractivity contribution is 7.13. The van der Waals surface area contributed by atoms with Gasteiger partial charge in [0.1, 0.15) is 11.5 Å². The number of thiophene rings is 1. The van der Waals surface area contributed by atoms with Gasteiger partial charge in [0.15, 0.2) is 5.65 Å². The molecule has 3 aromatic heterocycles. The van der Waals surface area contributed by atoms with Gasteiger partial charge in [-0.2, -0.15) is 0 Å². The van der Waals surface area contributed by atoms with E-state index < -0.39 is 0 Å². The molecule has 3 heterocycles. The van der Waals surface area contributed by atoms with Crippen molar-refractivity contribution in [1.29, 1.82) is 0 Å². The SMILES string of the molecule is CNCCc1nc(-c2cccs2)c2ncccn12. The van der Waals surface area contributed by atoms with E-state index in [-0.39, 0.29) is 0 Å². The monoisotopic (exact) mass is 258 g/mol. The first kappa shape index (κ1) is 11.4. The summed E-state index contributed by atoms with van der Waals surface area (Å²) in [4.78, 5) is 10.4. The molecule has 3 aromatic rings. The topological polar surface area (TPSA) is 42.2 Å². The van der Waals surface area contributed by atoms with E-state index in [1.165, 1.54) is 4.88 Å². The van der Waals surface area contributed by atoms with Crippen LogP contribution in [0.15, 0.2) is 36.0 Å². The lowest BCUT2D eigenvalue weighted by molar-refractivity contribution is 0.752. The highest BCUT2D eigenvalue weighted by Crippen LogP contribution is 2.27. The lowest BCUT2D eigenvalue weighted by Gasteiger charge is -1.98. The molecule has 0 spiro atoms. The van der Waals surface area contributed by atoms with Crippen molar-refractivity contribution in [3.05, 3.63) is 41.8 Å². The third-order valence-electron chi connectivity index (χ3n) is 2.83. The molecule has 0 aliphatic heterocycles. The fourth-order valence-electron chi connectivity index (χ4n) is 1.98. The van der Waals surface area contributed by atoms with Gasteiger partial charge in [0.25, 0.3) is 0 Å². The van der Waals surface area contributed by atoms with Crippen LogP contribution in [0.5, 0.6) is 0 Å². The van der Waals surface area contributed by atoms with Crippen molar-refractivity contribution in [2.45, 2.75) is 6.42 Å². The lowest BCUT2D eigenvalue weighted by atomic mass is 10.3. The van der Waals surface area contributed by atoms with E-state index in [1.807, 2.05) is 31.6 Å². The number of imidazole rings is 1. The van der Waals surface area contributed by atoms with Gasteiger partial charge in [-0.25, -0.2) is 9.97 Å². The first-order valence-corrected chi connectivity index (χ1v) is 6.78. The molecule has 92 valence electrons. The van der Waals surface area contributed by atoms with Crippen molar-refractivity contribution < 1.29 is 0 Å². The fourth-order valence-corrected chi connectivity index (χ4v) is 2.69. The molecular formula is C13H14N4S. The minimum atomic E-state index is 0.898. The predicted molar refractivity (Wildman–Crippen MR) is 73.9 cm³/mol. The molecule has 0 atom stereocenters. The zero-order valence-corrected chi connectivity index (χ0v) is 10.9. The molecule has 0 aromatic carbocycles. The van der Waals surface area contributed by atoms with Gasteiger partial charge in [0.2, 0.25) is 0 Å². The highest BCUT2D eigenvalue weighted by Gasteiger charge is 2.13. The second kappa shape index (κ2) is 4.88. The van der Waals surface area contributed by atoms with Crippen molar-refractivity contribution in [3.63, 3.8) is 0 Å². The van der Waals surface area contributed by atoms with Crippen molar-refractivity contribution in [3.8, 4) is 10.6 Å². The standard InChI is InChI=1S/C13H14N4S/c1-14-7-5-11-16-12(10-4-2-9-18-10)13-15-6-3-8-17(11)13/h2-4,6,8-9,14H,5,7H2,1H3. The molecule has 5 heteroatoms. The van der Waals surface area contributed by atoms with Crippen LogP contribution in [0.25, 0.3) is 16.2 Å². The quantitative estimate of drug-likeness (QED) is 0.780. The lowest BCUT2D eigenvalue weighted by Crippen LogP contribution is -2.12. The molecular weight excluding hydrogens is 244 g/mol. The fraction of sp³-hybridized carbons (Fsp3) is 0.231. The smallest absolute Gasteiger partial charge is 0.165 e. The molecule has 0 aliphatic rings. The first-order chi connectivity index (χ1) is 8.90. The summed E-state index contributed by atoms with van der Waals surface area (Å²) in [5, 5.41) is 5.22. The molecule has 0 saturated heterocycles. The summed E-state index contributed by atoms with van der Waals surface area (Å²) in [6.07, 6.45) is 4.74. The average molecular weight is 258 g/mol. The molecule has 18 heavy (non-hydrogen) atoms. The zero-order valence-electron chi connectivity index (χ0n) is 10.1. The summed E-state index contributed by atoms with van der Waals surface area (Å²) < 4.78 is 2.08. The van der Waals surface area contributed by atoms with E-state index in [9.17, 15) is 0 Å². The number of aromatic nitrogens is 3. The number of likely N-dealkylation sites (N-methyl/N-ethyl adjacent to an activating group) is 1. The molecule has 3 rings (SSSR count). The van der Waals surface area contributed by atoms with Gasteiger partial charge in [-0.1, -0.05) is 6.07 Å². The second-order valence-corrected chi connectivity index (χ2v) is 4.97. The van der Waals surface area contributed by atoms with Crippen molar-refractivity contribution in [2.75, 3.05) is 13.6 Å². The minimum Gasteiger partial charge on any atom is -0.319 e. The number of nitrogens with zero attached hydrogens (tertiary/aromatic N) is 3. The van der Waals surface area contributed by atoms with E-state index in [1.54, 1.807) is 11.3 Å². The predicted octanol–water partition coefficient (Wildman–Crippen LogP) is 2.22. The van der Waals surface area contributed by atoms with Gasteiger partial charge in [-0.05, 0) is 24.6 Å². The molecule has 0 radical (unpaired) electrons. The van der Waals surface area contributed by atoms with Gasteiger partial charge in [0, 0.05) is 25.4 Å². The number of rotatable bonds is 4. The third-order valence-corrected chi connectivity index (χ3v) is 3.71. The molecule has 0 unspecified atom stereocenters. The van der Waals surface area contributed by atoms with Crippen LogP contribution < -0.4 is 5.32 Å². The Hall–Kier alpha value is -1.72. The molecule has 0 bridgehead atoms. The Morgan fingerprint density at radius 3 is 3.11 bits per heavy atom. The van der Waals surface area contributed by atoms with Gasteiger partial charge < -0.3 is 5.32 Å². The van der Waals surface area contributed by atoms with E-state index >= 15 is 0 Å². The summed E-state index contributed by atoms with van der Waals surface area (Å²) in [6.45, 7) is 0.915. The Labute approximate surface area is 109 Å². The van der Waals surface area contributed by atoms with Crippen LogP contribution >= 0.6 is 11.3 Å². The van der Waals surface area contributed by atoms with Gasteiger partial charge in [0.05, 0.1) is 4.88 Å². The summed E-state index contributed by atoms with van der Waals surface area (Å²) >= 11 is 1.70. The number of hydrogen-bond acceptors (Lipinski definition) is 4. The van der Waals surface area contributed by atoms with Gasteiger partial charge in [-0.15, -0.1) is 11.3 Å². The minimum absolute atomic E-state index is 0.898. The number of nitrogens with one attached hydrogen (secondary N) is 1. The Kier molecular flexibility index (Phi) is 3.08. The molecule has 4 nitrogen and oxygen atoms in total. The van der Waals surface area contributed by atoms with E-state index in [0.717, 1.165) is 30.1 Å². The second-order valence-electron chi connectivity index (χ2n) is 4.02. The Balaban J connectivity index is 2.14. The Morgan fingerprint density at radius 2 is 2.33 bits per heavy atom. The van der Waals surface area contributed by atoms with Crippen LogP contribution in [0, 0.1) is 0 Å². The normalized spacial score (nSPS) is 11.2.